The van der Waals surface area contributed by atoms with E-state index in [0.717, 1.165) is 19.5 Å². The third-order valence-corrected chi connectivity index (χ3v) is 3.82. The first-order chi connectivity index (χ1) is 10.3. The van der Waals surface area contributed by atoms with Gasteiger partial charge in [0.1, 0.15) is 11.9 Å². The van der Waals surface area contributed by atoms with Crippen molar-refractivity contribution in [1.29, 1.82) is 0 Å². The predicted octanol–water partition coefficient (Wildman–Crippen LogP) is 2.17. The zero-order chi connectivity index (χ0) is 14.9. The number of guanidine groups is 1. The van der Waals surface area contributed by atoms with Gasteiger partial charge in [-0.1, -0.05) is 6.07 Å². The Morgan fingerprint density at radius 1 is 1.38 bits per heavy atom. The van der Waals surface area contributed by atoms with Crippen molar-refractivity contribution in [3.63, 3.8) is 0 Å². The van der Waals surface area contributed by atoms with Gasteiger partial charge in [0.25, 0.3) is 0 Å². The summed E-state index contributed by atoms with van der Waals surface area (Å²) in [6, 6.07) is 7.68. The average Bonchev–Trinajstić information content (AvgIpc) is 3.17. The summed E-state index contributed by atoms with van der Waals surface area (Å²) in [5.41, 5.74) is 0. The van der Waals surface area contributed by atoms with Crippen molar-refractivity contribution in [3.05, 3.63) is 46.5 Å². The van der Waals surface area contributed by atoms with Crippen molar-refractivity contribution in [2.45, 2.75) is 19.4 Å². The number of nitrogens with zero attached hydrogens (tertiary/aromatic N) is 1. The van der Waals surface area contributed by atoms with Crippen LogP contribution in [0, 0.1) is 0 Å². The van der Waals surface area contributed by atoms with E-state index in [2.05, 4.69) is 33.1 Å². The summed E-state index contributed by atoms with van der Waals surface area (Å²) in [5, 5.41) is 18.5. The van der Waals surface area contributed by atoms with Crippen molar-refractivity contribution in [1.82, 2.24) is 10.6 Å². The number of aliphatic hydroxyl groups is 1. The van der Waals surface area contributed by atoms with E-state index in [1.54, 1.807) is 29.7 Å². The number of thiophene rings is 1. The van der Waals surface area contributed by atoms with Crippen LogP contribution in [-0.4, -0.2) is 30.7 Å². The molecule has 2 rings (SSSR count). The first-order valence-corrected chi connectivity index (χ1v) is 7.93. The summed E-state index contributed by atoms with van der Waals surface area (Å²) < 4.78 is 5.16. The second-order valence-electron chi connectivity index (χ2n) is 4.51. The highest BCUT2D eigenvalue weighted by atomic mass is 32.1. The molecule has 0 aromatic carbocycles. The van der Waals surface area contributed by atoms with E-state index in [0.29, 0.717) is 11.7 Å². The van der Waals surface area contributed by atoms with Crippen LogP contribution >= 0.6 is 11.3 Å². The molecule has 0 saturated carbocycles. The minimum Gasteiger partial charge on any atom is -0.467 e. The maximum Gasteiger partial charge on any atom is 0.191 e. The van der Waals surface area contributed by atoms with Gasteiger partial charge in [0.2, 0.25) is 0 Å². The Morgan fingerprint density at radius 2 is 2.29 bits per heavy atom. The smallest absolute Gasteiger partial charge is 0.191 e. The largest absolute Gasteiger partial charge is 0.467 e. The van der Waals surface area contributed by atoms with Crippen molar-refractivity contribution in [2.24, 2.45) is 4.99 Å². The number of aliphatic hydroxyl groups excluding tert-OH is 1. The number of rotatable bonds is 7. The minimum atomic E-state index is -0.715. The summed E-state index contributed by atoms with van der Waals surface area (Å²) in [6.07, 6.45) is 1.79. The van der Waals surface area contributed by atoms with Gasteiger partial charge in [-0.2, -0.15) is 0 Å². The third kappa shape index (κ3) is 5.24. The molecule has 0 radical (unpaired) electrons. The van der Waals surface area contributed by atoms with Crippen molar-refractivity contribution in [3.8, 4) is 0 Å². The maximum absolute atomic E-state index is 9.95. The molecule has 1 unspecified atom stereocenters. The lowest BCUT2D eigenvalue weighted by Gasteiger charge is -2.12. The molecule has 5 nitrogen and oxygen atoms in total. The molecule has 6 heteroatoms. The topological polar surface area (TPSA) is 69.8 Å². The summed E-state index contributed by atoms with van der Waals surface area (Å²) in [7, 11) is 0. The highest BCUT2D eigenvalue weighted by Gasteiger charge is 2.09. The summed E-state index contributed by atoms with van der Waals surface area (Å²) in [6.45, 7) is 3.87. The molecule has 0 aliphatic heterocycles. The molecular weight excluding hydrogens is 286 g/mol. The van der Waals surface area contributed by atoms with Crippen LogP contribution in [-0.2, 0) is 6.42 Å². The zero-order valence-corrected chi connectivity index (χ0v) is 12.9. The zero-order valence-electron chi connectivity index (χ0n) is 12.1. The van der Waals surface area contributed by atoms with Gasteiger partial charge in [-0.25, -0.2) is 0 Å². The second-order valence-corrected chi connectivity index (χ2v) is 5.54. The van der Waals surface area contributed by atoms with Crippen molar-refractivity contribution >= 4 is 17.3 Å². The lowest BCUT2D eigenvalue weighted by atomic mass is 10.3. The molecular formula is C15H21N3O2S. The second kappa shape index (κ2) is 8.49. The van der Waals surface area contributed by atoms with Gasteiger partial charge in [0.05, 0.1) is 12.8 Å². The molecule has 0 spiro atoms. The van der Waals surface area contributed by atoms with Gasteiger partial charge in [-0.05, 0) is 36.9 Å². The Bertz CT molecular complexity index is 523. The molecule has 2 heterocycles. The molecule has 21 heavy (non-hydrogen) atoms. The van der Waals surface area contributed by atoms with Crippen LogP contribution in [0.25, 0.3) is 0 Å². The first kappa shape index (κ1) is 15.6. The molecule has 0 aliphatic rings. The van der Waals surface area contributed by atoms with Crippen LogP contribution < -0.4 is 10.6 Å². The fourth-order valence-electron chi connectivity index (χ4n) is 1.85. The minimum absolute atomic E-state index is 0.266. The third-order valence-electron chi connectivity index (χ3n) is 2.88. The quantitative estimate of drug-likeness (QED) is 0.541. The highest BCUT2D eigenvalue weighted by Crippen LogP contribution is 2.12. The van der Waals surface area contributed by atoms with Gasteiger partial charge >= 0.3 is 0 Å². The molecule has 114 valence electrons. The lowest BCUT2D eigenvalue weighted by molar-refractivity contribution is 0.158. The molecule has 2 aromatic rings. The molecule has 2 aromatic heterocycles. The fourth-order valence-corrected chi connectivity index (χ4v) is 2.56. The van der Waals surface area contributed by atoms with Crippen LogP contribution in [0.2, 0.25) is 0 Å². The maximum atomic E-state index is 9.95. The van der Waals surface area contributed by atoms with E-state index in [1.807, 2.05) is 6.92 Å². The standard InChI is InChI=1S/C15H21N3O2S/c1-2-16-15(17-8-7-12-5-4-10-21-12)18-11-13(19)14-6-3-9-20-14/h3-6,9-10,13,19H,2,7-8,11H2,1H3,(H2,16,17,18). The fraction of sp³-hybridized carbons (Fsp3) is 0.400. The summed E-state index contributed by atoms with van der Waals surface area (Å²) >= 11 is 1.75. The van der Waals surface area contributed by atoms with E-state index in [1.165, 1.54) is 4.88 Å². The molecule has 0 amide bonds. The normalized spacial score (nSPS) is 13.1. The van der Waals surface area contributed by atoms with Gasteiger partial charge in [0.15, 0.2) is 5.96 Å². The molecule has 0 fully saturated rings. The average molecular weight is 307 g/mol. The van der Waals surface area contributed by atoms with E-state index >= 15 is 0 Å². The molecule has 0 bridgehead atoms. The van der Waals surface area contributed by atoms with Crippen LogP contribution in [0.5, 0.6) is 0 Å². The van der Waals surface area contributed by atoms with Crippen molar-refractivity contribution in [2.75, 3.05) is 19.6 Å². The van der Waals surface area contributed by atoms with Gasteiger partial charge in [-0.15, -0.1) is 11.3 Å². The van der Waals surface area contributed by atoms with Gasteiger partial charge in [0, 0.05) is 18.0 Å². The Balaban J connectivity index is 1.81. The number of hydrogen-bond acceptors (Lipinski definition) is 4. The molecule has 3 N–H and O–H groups in total. The number of hydrogen-bond donors (Lipinski definition) is 3. The number of aliphatic imine (C=N–C) groups is 1. The monoisotopic (exact) mass is 307 g/mol. The van der Waals surface area contributed by atoms with Crippen LogP contribution in [0.1, 0.15) is 23.7 Å². The van der Waals surface area contributed by atoms with E-state index in [4.69, 9.17) is 4.42 Å². The van der Waals surface area contributed by atoms with E-state index in [9.17, 15) is 5.11 Å². The van der Waals surface area contributed by atoms with Crippen LogP contribution in [0.3, 0.4) is 0 Å². The van der Waals surface area contributed by atoms with E-state index < -0.39 is 6.10 Å². The van der Waals surface area contributed by atoms with Gasteiger partial charge in [-0.3, -0.25) is 4.99 Å². The van der Waals surface area contributed by atoms with E-state index in [-0.39, 0.29) is 6.54 Å². The summed E-state index contributed by atoms with van der Waals surface area (Å²) in [5.74, 6) is 1.24. The summed E-state index contributed by atoms with van der Waals surface area (Å²) in [4.78, 5) is 5.72. The molecule has 0 saturated heterocycles. The Labute approximate surface area is 128 Å². The first-order valence-electron chi connectivity index (χ1n) is 7.05. The molecule has 1 atom stereocenters. The van der Waals surface area contributed by atoms with Gasteiger partial charge < -0.3 is 20.2 Å². The van der Waals surface area contributed by atoms with Crippen LogP contribution in [0.15, 0.2) is 45.3 Å². The Kier molecular flexibility index (Phi) is 6.30. The Hall–Kier alpha value is -1.79. The van der Waals surface area contributed by atoms with Crippen molar-refractivity contribution < 1.29 is 9.52 Å². The SMILES string of the molecule is CCNC(=NCC(O)c1ccco1)NCCc1cccs1. The highest BCUT2D eigenvalue weighted by molar-refractivity contribution is 7.09. The predicted molar refractivity (Wildman–Crippen MR) is 85.7 cm³/mol. The molecule has 0 aliphatic carbocycles. The Morgan fingerprint density at radius 3 is 2.95 bits per heavy atom. The lowest BCUT2D eigenvalue weighted by Crippen LogP contribution is -2.38. The van der Waals surface area contributed by atoms with Crippen LogP contribution in [0.4, 0.5) is 0 Å². The number of furan rings is 1. The number of nitrogens with one attached hydrogen (secondary N) is 2.